The van der Waals surface area contributed by atoms with Crippen molar-refractivity contribution in [3.05, 3.63) is 0 Å². The number of carbonyl (C=O) groups is 2. The molecule has 2 N–H and O–H groups in total. The van der Waals surface area contributed by atoms with E-state index in [-0.39, 0.29) is 11.3 Å². The van der Waals surface area contributed by atoms with Gasteiger partial charge in [-0.25, -0.2) is 0 Å². The average Bonchev–Trinajstić information content (AvgIpc) is 2.62. The standard InChI is InChI=1S/C12H20N2O2/c1-12(11(13)16)5-6-14(8-12)9-3-2-4-10(15)7-9/h9H,2-8H2,1H3,(H2,13,16). The Hall–Kier alpha value is -0.900. The molecule has 2 fully saturated rings. The smallest absolute Gasteiger partial charge is 0.224 e. The van der Waals surface area contributed by atoms with Gasteiger partial charge in [0.1, 0.15) is 5.78 Å². The second kappa shape index (κ2) is 4.17. The predicted molar refractivity (Wildman–Crippen MR) is 60.8 cm³/mol. The summed E-state index contributed by atoms with van der Waals surface area (Å²) < 4.78 is 0. The van der Waals surface area contributed by atoms with Crippen LogP contribution in [0.25, 0.3) is 0 Å². The third-order valence-corrected chi connectivity index (χ3v) is 4.07. The zero-order chi connectivity index (χ0) is 11.8. The number of amides is 1. The van der Waals surface area contributed by atoms with Gasteiger partial charge in [-0.05, 0) is 32.7 Å². The first-order chi connectivity index (χ1) is 7.51. The Kier molecular flexibility index (Phi) is 3.02. The molecule has 0 aromatic heterocycles. The van der Waals surface area contributed by atoms with Crippen molar-refractivity contribution < 1.29 is 9.59 Å². The molecule has 1 saturated heterocycles. The van der Waals surface area contributed by atoms with Gasteiger partial charge in [-0.3, -0.25) is 14.5 Å². The Morgan fingerprint density at radius 3 is 2.88 bits per heavy atom. The molecule has 2 rings (SSSR count). The van der Waals surface area contributed by atoms with Crippen LogP contribution in [-0.4, -0.2) is 35.7 Å². The van der Waals surface area contributed by atoms with Gasteiger partial charge < -0.3 is 5.73 Å². The van der Waals surface area contributed by atoms with Crippen molar-refractivity contribution in [3.8, 4) is 0 Å². The van der Waals surface area contributed by atoms with Gasteiger partial charge in [-0.1, -0.05) is 0 Å². The molecule has 1 aliphatic heterocycles. The van der Waals surface area contributed by atoms with E-state index in [4.69, 9.17) is 5.73 Å². The molecule has 0 bridgehead atoms. The van der Waals surface area contributed by atoms with Gasteiger partial charge in [0.05, 0.1) is 5.41 Å². The molecule has 4 nitrogen and oxygen atoms in total. The first-order valence-electron chi connectivity index (χ1n) is 6.07. The molecule has 2 atom stereocenters. The molecule has 16 heavy (non-hydrogen) atoms. The van der Waals surface area contributed by atoms with Gasteiger partial charge in [0.2, 0.25) is 5.91 Å². The summed E-state index contributed by atoms with van der Waals surface area (Å²) in [6.07, 6.45) is 4.30. The van der Waals surface area contributed by atoms with Crippen LogP contribution in [0.3, 0.4) is 0 Å². The summed E-state index contributed by atoms with van der Waals surface area (Å²) in [5.41, 5.74) is 5.03. The summed E-state index contributed by atoms with van der Waals surface area (Å²) in [5.74, 6) is 0.154. The molecule has 90 valence electrons. The van der Waals surface area contributed by atoms with Gasteiger partial charge in [-0.2, -0.15) is 0 Å². The molecular weight excluding hydrogens is 204 g/mol. The van der Waals surface area contributed by atoms with E-state index in [0.717, 1.165) is 38.8 Å². The summed E-state index contributed by atoms with van der Waals surface area (Å²) in [7, 11) is 0. The van der Waals surface area contributed by atoms with E-state index in [2.05, 4.69) is 4.90 Å². The maximum absolute atomic E-state index is 11.4. The van der Waals surface area contributed by atoms with Crippen LogP contribution >= 0.6 is 0 Å². The normalized spacial score (nSPS) is 36.6. The summed E-state index contributed by atoms with van der Waals surface area (Å²) in [6.45, 7) is 3.55. The molecule has 0 spiro atoms. The first-order valence-corrected chi connectivity index (χ1v) is 6.07. The van der Waals surface area contributed by atoms with E-state index in [9.17, 15) is 9.59 Å². The lowest BCUT2D eigenvalue weighted by atomic mass is 9.88. The quantitative estimate of drug-likeness (QED) is 0.750. The summed E-state index contributed by atoms with van der Waals surface area (Å²) in [4.78, 5) is 25.0. The van der Waals surface area contributed by atoms with Crippen molar-refractivity contribution in [3.63, 3.8) is 0 Å². The highest BCUT2D eigenvalue weighted by Gasteiger charge is 2.41. The van der Waals surface area contributed by atoms with Crippen LogP contribution in [0, 0.1) is 5.41 Å². The predicted octanol–water partition coefficient (Wildman–Crippen LogP) is 0.695. The molecular formula is C12H20N2O2. The van der Waals surface area contributed by atoms with Crippen molar-refractivity contribution in [2.75, 3.05) is 13.1 Å². The van der Waals surface area contributed by atoms with E-state index in [1.54, 1.807) is 0 Å². The van der Waals surface area contributed by atoms with Crippen LogP contribution in [0.4, 0.5) is 0 Å². The average molecular weight is 224 g/mol. The fourth-order valence-corrected chi connectivity index (χ4v) is 2.82. The van der Waals surface area contributed by atoms with Crippen LogP contribution < -0.4 is 5.73 Å². The summed E-state index contributed by atoms with van der Waals surface area (Å²) >= 11 is 0. The molecule has 1 saturated carbocycles. The van der Waals surface area contributed by atoms with Gasteiger partial charge in [-0.15, -0.1) is 0 Å². The Morgan fingerprint density at radius 2 is 2.31 bits per heavy atom. The Morgan fingerprint density at radius 1 is 1.56 bits per heavy atom. The summed E-state index contributed by atoms with van der Waals surface area (Å²) in [5, 5.41) is 0. The van der Waals surface area contributed by atoms with Crippen LogP contribution in [0.2, 0.25) is 0 Å². The minimum atomic E-state index is -0.388. The number of hydrogen-bond donors (Lipinski definition) is 1. The van der Waals surface area contributed by atoms with E-state index in [0.29, 0.717) is 18.2 Å². The first kappa shape index (κ1) is 11.6. The fraction of sp³-hybridized carbons (Fsp3) is 0.833. The van der Waals surface area contributed by atoms with Crippen LogP contribution in [-0.2, 0) is 9.59 Å². The van der Waals surface area contributed by atoms with Crippen molar-refractivity contribution in [2.24, 2.45) is 11.1 Å². The number of ketones is 1. The highest BCUT2D eigenvalue weighted by molar-refractivity contribution is 5.81. The third kappa shape index (κ3) is 2.12. The molecule has 1 amide bonds. The lowest BCUT2D eigenvalue weighted by molar-refractivity contribution is -0.126. The number of nitrogens with two attached hydrogens (primary N) is 1. The maximum Gasteiger partial charge on any atom is 0.224 e. The molecule has 1 aliphatic carbocycles. The maximum atomic E-state index is 11.4. The Bertz CT molecular complexity index is 316. The number of rotatable bonds is 2. The summed E-state index contributed by atoms with van der Waals surface area (Å²) in [6, 6.07) is 0.349. The minimum Gasteiger partial charge on any atom is -0.369 e. The number of primary amides is 1. The number of hydrogen-bond acceptors (Lipinski definition) is 3. The zero-order valence-corrected chi connectivity index (χ0v) is 9.87. The number of likely N-dealkylation sites (tertiary alicyclic amines) is 1. The van der Waals surface area contributed by atoms with Crippen molar-refractivity contribution >= 4 is 11.7 Å². The van der Waals surface area contributed by atoms with Gasteiger partial charge in [0.15, 0.2) is 0 Å². The third-order valence-electron chi connectivity index (χ3n) is 4.07. The topological polar surface area (TPSA) is 63.4 Å². The lowest BCUT2D eigenvalue weighted by Crippen LogP contribution is -2.42. The van der Waals surface area contributed by atoms with Crippen LogP contribution in [0.15, 0.2) is 0 Å². The van der Waals surface area contributed by atoms with Gasteiger partial charge >= 0.3 is 0 Å². The monoisotopic (exact) mass is 224 g/mol. The van der Waals surface area contributed by atoms with Crippen molar-refractivity contribution in [1.82, 2.24) is 4.90 Å². The van der Waals surface area contributed by atoms with Crippen LogP contribution in [0.5, 0.6) is 0 Å². The zero-order valence-electron chi connectivity index (χ0n) is 9.87. The van der Waals surface area contributed by atoms with Crippen molar-refractivity contribution in [2.45, 2.75) is 45.1 Å². The van der Waals surface area contributed by atoms with E-state index in [1.165, 1.54) is 0 Å². The van der Waals surface area contributed by atoms with E-state index < -0.39 is 0 Å². The molecule has 1 heterocycles. The van der Waals surface area contributed by atoms with E-state index >= 15 is 0 Å². The minimum absolute atomic E-state index is 0.211. The largest absolute Gasteiger partial charge is 0.369 e. The number of nitrogens with zero attached hydrogens (tertiary/aromatic N) is 1. The second-order valence-corrected chi connectivity index (χ2v) is 5.43. The Labute approximate surface area is 96.2 Å². The van der Waals surface area contributed by atoms with E-state index in [1.807, 2.05) is 6.92 Å². The van der Waals surface area contributed by atoms with Gasteiger partial charge in [0.25, 0.3) is 0 Å². The molecule has 0 aromatic rings. The molecule has 4 heteroatoms. The highest BCUT2D eigenvalue weighted by Crippen LogP contribution is 2.33. The SMILES string of the molecule is CC1(C(N)=O)CCN(C2CCCC(=O)C2)C1. The molecule has 0 radical (unpaired) electrons. The molecule has 2 unspecified atom stereocenters. The lowest BCUT2D eigenvalue weighted by Gasteiger charge is -2.31. The molecule has 0 aromatic carbocycles. The van der Waals surface area contributed by atoms with Crippen LogP contribution in [0.1, 0.15) is 39.0 Å². The number of carbonyl (C=O) groups excluding carboxylic acids is 2. The second-order valence-electron chi connectivity index (χ2n) is 5.43. The van der Waals surface area contributed by atoms with Crippen molar-refractivity contribution in [1.29, 1.82) is 0 Å². The molecule has 2 aliphatic rings. The highest BCUT2D eigenvalue weighted by atomic mass is 16.1. The fourth-order valence-electron chi connectivity index (χ4n) is 2.82. The Balaban J connectivity index is 1.98. The van der Waals surface area contributed by atoms with Gasteiger partial charge in [0, 0.05) is 25.4 Å². The number of Topliss-reactive ketones (excluding diaryl/α,β-unsaturated/α-hetero) is 1.